The first kappa shape index (κ1) is 15.6. The van der Waals surface area contributed by atoms with E-state index >= 15 is 0 Å². The topological polar surface area (TPSA) is 20.3 Å². The maximum atomic E-state index is 12.8. The highest BCUT2D eigenvalue weighted by Gasteiger charge is 2.24. The lowest BCUT2D eigenvalue weighted by molar-refractivity contribution is 0.0742. The second kappa shape index (κ2) is 6.94. The number of hydrogen-bond donors (Lipinski definition) is 0. The Morgan fingerprint density at radius 3 is 2.28 bits per heavy atom. The minimum Gasteiger partial charge on any atom is -0.338 e. The van der Waals surface area contributed by atoms with Crippen molar-refractivity contribution >= 4 is 5.91 Å². The van der Waals surface area contributed by atoms with Crippen LogP contribution in [0.3, 0.4) is 0 Å². The molecule has 0 fully saturated rings. The van der Waals surface area contributed by atoms with Crippen molar-refractivity contribution in [2.45, 2.75) is 12.8 Å². The zero-order chi connectivity index (χ0) is 17.1. The van der Waals surface area contributed by atoms with Gasteiger partial charge in [0.1, 0.15) is 0 Å². The SMILES string of the molecule is O=C1c2ccc(-c3ccccc3)cc2CCN1CCc1ccccc1. The minimum absolute atomic E-state index is 0.164. The van der Waals surface area contributed by atoms with Crippen LogP contribution in [0.4, 0.5) is 0 Å². The van der Waals surface area contributed by atoms with Gasteiger partial charge in [-0.2, -0.15) is 0 Å². The van der Waals surface area contributed by atoms with E-state index in [1.807, 2.05) is 47.4 Å². The van der Waals surface area contributed by atoms with Crippen LogP contribution >= 0.6 is 0 Å². The summed E-state index contributed by atoms with van der Waals surface area (Å²) in [5, 5.41) is 0. The van der Waals surface area contributed by atoms with Crippen molar-refractivity contribution < 1.29 is 4.79 Å². The van der Waals surface area contributed by atoms with Crippen LogP contribution in [0, 0.1) is 0 Å². The number of fused-ring (bicyclic) bond motifs is 1. The van der Waals surface area contributed by atoms with Gasteiger partial charge < -0.3 is 4.90 Å². The molecule has 2 nitrogen and oxygen atoms in total. The monoisotopic (exact) mass is 327 g/mol. The largest absolute Gasteiger partial charge is 0.338 e. The number of benzene rings is 3. The van der Waals surface area contributed by atoms with Gasteiger partial charge in [-0.3, -0.25) is 4.79 Å². The molecule has 0 aliphatic carbocycles. The molecule has 0 saturated heterocycles. The zero-order valence-corrected chi connectivity index (χ0v) is 14.2. The van der Waals surface area contributed by atoms with Crippen molar-refractivity contribution in [3.63, 3.8) is 0 Å². The van der Waals surface area contributed by atoms with E-state index in [0.29, 0.717) is 0 Å². The summed E-state index contributed by atoms with van der Waals surface area (Å²) in [5.74, 6) is 0.164. The van der Waals surface area contributed by atoms with Crippen LogP contribution in [0.15, 0.2) is 78.9 Å². The van der Waals surface area contributed by atoms with Crippen LogP contribution in [-0.4, -0.2) is 23.9 Å². The molecule has 3 aromatic carbocycles. The van der Waals surface area contributed by atoms with Crippen molar-refractivity contribution in [2.24, 2.45) is 0 Å². The molecule has 1 aliphatic rings. The summed E-state index contributed by atoms with van der Waals surface area (Å²) in [4.78, 5) is 14.8. The van der Waals surface area contributed by atoms with Crippen LogP contribution in [0.2, 0.25) is 0 Å². The summed E-state index contributed by atoms with van der Waals surface area (Å²) in [5.41, 5.74) is 5.69. The van der Waals surface area contributed by atoms with E-state index in [1.165, 1.54) is 22.3 Å². The molecule has 124 valence electrons. The Morgan fingerprint density at radius 1 is 0.800 bits per heavy atom. The Morgan fingerprint density at radius 2 is 1.52 bits per heavy atom. The Balaban J connectivity index is 1.51. The van der Waals surface area contributed by atoms with Gasteiger partial charge in [-0.15, -0.1) is 0 Å². The van der Waals surface area contributed by atoms with Crippen LogP contribution in [0.5, 0.6) is 0 Å². The average molecular weight is 327 g/mol. The molecule has 0 aromatic heterocycles. The van der Waals surface area contributed by atoms with Crippen molar-refractivity contribution in [1.29, 1.82) is 0 Å². The second-order valence-corrected chi connectivity index (χ2v) is 6.52. The number of rotatable bonds is 4. The Bertz CT molecular complexity index is 871. The quantitative estimate of drug-likeness (QED) is 0.686. The van der Waals surface area contributed by atoms with Gasteiger partial charge in [-0.25, -0.2) is 0 Å². The zero-order valence-electron chi connectivity index (χ0n) is 14.2. The number of hydrogen-bond acceptors (Lipinski definition) is 1. The lowest BCUT2D eigenvalue weighted by atomic mass is 9.94. The van der Waals surface area contributed by atoms with Gasteiger partial charge >= 0.3 is 0 Å². The third kappa shape index (κ3) is 3.34. The van der Waals surface area contributed by atoms with E-state index in [-0.39, 0.29) is 5.91 Å². The molecule has 1 heterocycles. The molecule has 25 heavy (non-hydrogen) atoms. The highest BCUT2D eigenvalue weighted by atomic mass is 16.2. The predicted molar refractivity (Wildman–Crippen MR) is 102 cm³/mol. The highest BCUT2D eigenvalue weighted by molar-refractivity contribution is 5.97. The van der Waals surface area contributed by atoms with Gasteiger partial charge in [0.25, 0.3) is 5.91 Å². The van der Waals surface area contributed by atoms with Crippen molar-refractivity contribution in [1.82, 2.24) is 4.90 Å². The minimum atomic E-state index is 0.164. The number of amides is 1. The van der Waals surface area contributed by atoms with Crippen molar-refractivity contribution in [3.05, 3.63) is 95.6 Å². The average Bonchev–Trinajstić information content (AvgIpc) is 2.69. The second-order valence-electron chi connectivity index (χ2n) is 6.52. The molecule has 4 rings (SSSR count). The number of nitrogens with zero attached hydrogens (tertiary/aromatic N) is 1. The van der Waals surface area contributed by atoms with Crippen LogP contribution in [-0.2, 0) is 12.8 Å². The molecule has 1 aliphatic heterocycles. The molecular weight excluding hydrogens is 306 g/mol. The fourth-order valence-electron chi connectivity index (χ4n) is 3.47. The van der Waals surface area contributed by atoms with Crippen molar-refractivity contribution in [3.8, 4) is 11.1 Å². The molecule has 0 N–H and O–H groups in total. The van der Waals surface area contributed by atoms with E-state index < -0.39 is 0 Å². The summed E-state index contributed by atoms with van der Waals surface area (Å²) in [6, 6.07) is 26.9. The first-order valence-corrected chi connectivity index (χ1v) is 8.83. The summed E-state index contributed by atoms with van der Waals surface area (Å²) < 4.78 is 0. The van der Waals surface area contributed by atoms with Crippen LogP contribution in [0.25, 0.3) is 11.1 Å². The summed E-state index contributed by atoms with van der Waals surface area (Å²) in [6.45, 7) is 1.58. The molecule has 0 unspecified atom stereocenters. The Kier molecular flexibility index (Phi) is 4.34. The maximum Gasteiger partial charge on any atom is 0.254 e. The van der Waals surface area contributed by atoms with Crippen molar-refractivity contribution in [2.75, 3.05) is 13.1 Å². The standard InChI is InChI=1S/C23H21NO/c25-23-22-12-11-20(19-9-5-2-6-10-19)17-21(22)14-16-24(23)15-13-18-7-3-1-4-8-18/h1-12,17H,13-16H2. The van der Waals surface area contributed by atoms with E-state index in [0.717, 1.165) is 31.5 Å². The molecule has 0 bridgehead atoms. The first-order valence-electron chi connectivity index (χ1n) is 8.83. The third-order valence-corrected chi connectivity index (χ3v) is 4.89. The smallest absolute Gasteiger partial charge is 0.254 e. The summed E-state index contributed by atoms with van der Waals surface area (Å²) in [7, 11) is 0. The van der Waals surface area contributed by atoms with Gasteiger partial charge in [0.15, 0.2) is 0 Å². The van der Waals surface area contributed by atoms with Crippen LogP contribution in [0.1, 0.15) is 21.5 Å². The molecule has 0 radical (unpaired) electrons. The first-order chi connectivity index (χ1) is 12.3. The fourth-order valence-corrected chi connectivity index (χ4v) is 3.47. The third-order valence-electron chi connectivity index (χ3n) is 4.89. The molecule has 0 saturated carbocycles. The van der Waals surface area contributed by atoms with E-state index in [4.69, 9.17) is 0 Å². The van der Waals surface area contributed by atoms with Gasteiger partial charge in [0, 0.05) is 18.7 Å². The van der Waals surface area contributed by atoms with E-state index in [2.05, 4.69) is 36.4 Å². The Labute approximate surface area is 148 Å². The summed E-state index contributed by atoms with van der Waals surface area (Å²) in [6.07, 6.45) is 1.83. The normalized spacial score (nSPS) is 13.6. The predicted octanol–water partition coefficient (Wildman–Crippen LogP) is 4.59. The van der Waals surface area contributed by atoms with Gasteiger partial charge in [0.05, 0.1) is 0 Å². The Hall–Kier alpha value is -2.87. The molecular formula is C23H21NO. The lowest BCUT2D eigenvalue weighted by Crippen LogP contribution is -2.38. The van der Waals surface area contributed by atoms with Gasteiger partial charge in [-0.1, -0.05) is 72.8 Å². The van der Waals surface area contributed by atoms with Gasteiger partial charge in [0.2, 0.25) is 0 Å². The molecule has 3 aromatic rings. The number of carbonyl (C=O) groups is 1. The number of carbonyl (C=O) groups excluding carboxylic acids is 1. The fraction of sp³-hybridized carbons (Fsp3) is 0.174. The van der Waals surface area contributed by atoms with Crippen LogP contribution < -0.4 is 0 Å². The lowest BCUT2D eigenvalue weighted by Gasteiger charge is -2.29. The molecule has 0 spiro atoms. The van der Waals surface area contributed by atoms with E-state index in [1.54, 1.807) is 0 Å². The van der Waals surface area contributed by atoms with Gasteiger partial charge in [-0.05, 0) is 41.2 Å². The highest BCUT2D eigenvalue weighted by Crippen LogP contribution is 2.26. The molecule has 2 heteroatoms. The van der Waals surface area contributed by atoms with E-state index in [9.17, 15) is 4.79 Å². The molecule has 1 amide bonds. The molecule has 0 atom stereocenters. The maximum absolute atomic E-state index is 12.8. The summed E-state index contributed by atoms with van der Waals surface area (Å²) >= 11 is 0.